The van der Waals surface area contributed by atoms with E-state index in [2.05, 4.69) is 34.6 Å². The van der Waals surface area contributed by atoms with E-state index in [0.29, 0.717) is 11.5 Å². The van der Waals surface area contributed by atoms with Crippen molar-refractivity contribution in [1.29, 1.82) is 0 Å². The number of hydrogen-bond donors (Lipinski definition) is 1. The van der Waals surface area contributed by atoms with E-state index in [4.69, 9.17) is 9.47 Å². The standard InChI is InChI=1S/C20H21N3O2S/c1-13(16-10-11-17(24-3)18(12-16)25-4)22-23-20-21-19(14(2)26-20)15-8-6-5-7-9-15/h5-12H,1-4H3,(H,21,23). The summed E-state index contributed by atoms with van der Waals surface area (Å²) in [5, 5.41) is 5.23. The summed E-state index contributed by atoms with van der Waals surface area (Å²) in [5.41, 5.74) is 6.94. The first kappa shape index (κ1) is 17.9. The number of rotatable bonds is 6. The Balaban J connectivity index is 1.80. The van der Waals surface area contributed by atoms with Crippen LogP contribution in [-0.2, 0) is 0 Å². The van der Waals surface area contributed by atoms with E-state index in [-0.39, 0.29) is 0 Å². The molecule has 6 heteroatoms. The highest BCUT2D eigenvalue weighted by atomic mass is 32.1. The molecule has 0 aliphatic heterocycles. The van der Waals surface area contributed by atoms with Gasteiger partial charge in [0.15, 0.2) is 11.5 Å². The number of ether oxygens (including phenoxy) is 2. The van der Waals surface area contributed by atoms with Crippen LogP contribution in [0.1, 0.15) is 17.4 Å². The minimum Gasteiger partial charge on any atom is -0.493 e. The van der Waals surface area contributed by atoms with Crippen molar-refractivity contribution in [1.82, 2.24) is 4.98 Å². The fraction of sp³-hybridized carbons (Fsp3) is 0.200. The van der Waals surface area contributed by atoms with Crippen LogP contribution in [0.15, 0.2) is 53.6 Å². The monoisotopic (exact) mass is 367 g/mol. The summed E-state index contributed by atoms with van der Waals surface area (Å²) in [6.07, 6.45) is 0. The van der Waals surface area contributed by atoms with Gasteiger partial charge in [-0.15, -0.1) is 11.3 Å². The van der Waals surface area contributed by atoms with Gasteiger partial charge < -0.3 is 9.47 Å². The molecule has 1 heterocycles. The highest BCUT2D eigenvalue weighted by Crippen LogP contribution is 2.30. The number of anilines is 1. The molecule has 134 valence electrons. The number of benzene rings is 2. The lowest BCUT2D eigenvalue weighted by Gasteiger charge is -2.09. The van der Waals surface area contributed by atoms with Crippen LogP contribution >= 0.6 is 11.3 Å². The number of nitrogens with one attached hydrogen (secondary N) is 1. The average molecular weight is 367 g/mol. The molecule has 1 aromatic heterocycles. The van der Waals surface area contributed by atoms with Crippen LogP contribution in [0.2, 0.25) is 0 Å². The molecular weight excluding hydrogens is 346 g/mol. The second-order valence-corrected chi connectivity index (χ2v) is 6.87. The molecule has 0 amide bonds. The van der Waals surface area contributed by atoms with Crippen LogP contribution in [-0.4, -0.2) is 24.9 Å². The van der Waals surface area contributed by atoms with E-state index in [1.165, 1.54) is 0 Å². The Morgan fingerprint density at radius 2 is 1.77 bits per heavy atom. The molecule has 0 spiro atoms. The lowest BCUT2D eigenvalue weighted by Crippen LogP contribution is -2.01. The van der Waals surface area contributed by atoms with Crippen molar-refractivity contribution < 1.29 is 9.47 Å². The molecule has 0 bridgehead atoms. The van der Waals surface area contributed by atoms with E-state index in [1.54, 1.807) is 25.6 Å². The Morgan fingerprint density at radius 3 is 2.46 bits per heavy atom. The zero-order valence-corrected chi connectivity index (χ0v) is 16.1. The maximum Gasteiger partial charge on any atom is 0.204 e. The lowest BCUT2D eigenvalue weighted by molar-refractivity contribution is 0.355. The molecule has 0 saturated carbocycles. The molecule has 3 aromatic rings. The summed E-state index contributed by atoms with van der Waals surface area (Å²) < 4.78 is 10.6. The van der Waals surface area contributed by atoms with Crippen LogP contribution in [0.4, 0.5) is 5.13 Å². The molecule has 2 aromatic carbocycles. The van der Waals surface area contributed by atoms with E-state index in [1.807, 2.05) is 43.3 Å². The normalized spacial score (nSPS) is 11.3. The van der Waals surface area contributed by atoms with Crippen LogP contribution < -0.4 is 14.9 Å². The number of methoxy groups -OCH3 is 2. The molecular formula is C20H21N3O2S. The van der Waals surface area contributed by atoms with Gasteiger partial charge in [0.1, 0.15) is 0 Å². The van der Waals surface area contributed by atoms with Gasteiger partial charge >= 0.3 is 0 Å². The Hall–Kier alpha value is -2.86. The van der Waals surface area contributed by atoms with E-state index < -0.39 is 0 Å². The predicted octanol–water partition coefficient (Wildman–Crippen LogP) is 4.97. The fourth-order valence-corrected chi connectivity index (χ4v) is 3.34. The number of hydrogen-bond acceptors (Lipinski definition) is 6. The number of aryl methyl sites for hydroxylation is 1. The molecule has 3 rings (SSSR count). The van der Waals surface area contributed by atoms with Gasteiger partial charge in [-0.1, -0.05) is 30.3 Å². The summed E-state index contributed by atoms with van der Waals surface area (Å²) in [6.45, 7) is 4.00. The molecule has 0 unspecified atom stereocenters. The van der Waals surface area contributed by atoms with Crippen molar-refractivity contribution in [2.24, 2.45) is 5.10 Å². The van der Waals surface area contributed by atoms with E-state index in [9.17, 15) is 0 Å². The molecule has 26 heavy (non-hydrogen) atoms. The van der Waals surface area contributed by atoms with Crippen molar-refractivity contribution in [2.45, 2.75) is 13.8 Å². The van der Waals surface area contributed by atoms with Gasteiger partial charge in [0.2, 0.25) is 5.13 Å². The molecule has 0 fully saturated rings. The molecule has 0 saturated heterocycles. The molecule has 0 aliphatic carbocycles. The number of aromatic nitrogens is 1. The van der Waals surface area contributed by atoms with Crippen molar-refractivity contribution in [3.05, 3.63) is 59.0 Å². The SMILES string of the molecule is COc1ccc(C(C)=NNc2nc(-c3ccccc3)c(C)s2)cc1OC. The van der Waals surface area contributed by atoms with E-state index >= 15 is 0 Å². The van der Waals surface area contributed by atoms with Crippen molar-refractivity contribution in [2.75, 3.05) is 19.6 Å². The van der Waals surface area contributed by atoms with Gasteiger partial charge in [0.25, 0.3) is 0 Å². The van der Waals surface area contributed by atoms with Crippen LogP contribution in [0, 0.1) is 6.92 Å². The van der Waals surface area contributed by atoms with E-state index in [0.717, 1.165) is 32.5 Å². The second kappa shape index (κ2) is 8.01. The maximum atomic E-state index is 5.35. The van der Waals surface area contributed by atoms with Gasteiger partial charge in [-0.3, -0.25) is 5.43 Å². The second-order valence-electron chi connectivity index (χ2n) is 5.67. The Labute approximate surface area is 157 Å². The molecule has 0 atom stereocenters. The number of nitrogens with zero attached hydrogens (tertiary/aromatic N) is 2. The highest BCUT2D eigenvalue weighted by Gasteiger charge is 2.10. The van der Waals surface area contributed by atoms with Crippen molar-refractivity contribution >= 4 is 22.2 Å². The Bertz CT molecular complexity index is 920. The van der Waals surface area contributed by atoms with Crippen LogP contribution in [0.3, 0.4) is 0 Å². The highest BCUT2D eigenvalue weighted by molar-refractivity contribution is 7.16. The summed E-state index contributed by atoms with van der Waals surface area (Å²) in [7, 11) is 3.24. The fourth-order valence-electron chi connectivity index (χ4n) is 2.57. The van der Waals surface area contributed by atoms with Crippen molar-refractivity contribution in [3.63, 3.8) is 0 Å². The molecule has 1 N–H and O–H groups in total. The topological polar surface area (TPSA) is 55.7 Å². The Kier molecular flexibility index (Phi) is 5.53. The summed E-state index contributed by atoms with van der Waals surface area (Å²) in [6, 6.07) is 15.9. The molecule has 0 radical (unpaired) electrons. The van der Waals surface area contributed by atoms with Gasteiger partial charge in [0, 0.05) is 16.0 Å². The largest absolute Gasteiger partial charge is 0.493 e. The van der Waals surface area contributed by atoms with Gasteiger partial charge in [-0.2, -0.15) is 5.10 Å². The third-order valence-electron chi connectivity index (χ3n) is 3.96. The van der Waals surface area contributed by atoms with Crippen LogP contribution in [0.25, 0.3) is 11.3 Å². The van der Waals surface area contributed by atoms with Gasteiger partial charge in [-0.05, 0) is 32.0 Å². The van der Waals surface area contributed by atoms with Crippen LogP contribution in [0.5, 0.6) is 11.5 Å². The van der Waals surface area contributed by atoms with Gasteiger partial charge in [-0.25, -0.2) is 4.98 Å². The maximum absolute atomic E-state index is 5.35. The third kappa shape index (κ3) is 3.86. The van der Waals surface area contributed by atoms with Crippen molar-refractivity contribution in [3.8, 4) is 22.8 Å². The summed E-state index contributed by atoms with van der Waals surface area (Å²) in [4.78, 5) is 5.81. The zero-order chi connectivity index (χ0) is 18.5. The smallest absolute Gasteiger partial charge is 0.204 e. The molecule has 0 aliphatic rings. The first-order chi connectivity index (χ1) is 12.6. The molecule has 5 nitrogen and oxygen atoms in total. The first-order valence-corrected chi connectivity index (χ1v) is 8.99. The number of hydrazone groups is 1. The Morgan fingerprint density at radius 1 is 1.04 bits per heavy atom. The minimum absolute atomic E-state index is 0.677. The number of thiazole rings is 1. The quantitative estimate of drug-likeness (QED) is 0.493. The minimum atomic E-state index is 0.677. The predicted molar refractivity (Wildman–Crippen MR) is 108 cm³/mol. The third-order valence-corrected chi connectivity index (χ3v) is 4.84. The zero-order valence-electron chi connectivity index (χ0n) is 15.2. The lowest BCUT2D eigenvalue weighted by atomic mass is 10.1. The summed E-state index contributed by atoms with van der Waals surface area (Å²) >= 11 is 1.59. The average Bonchev–Trinajstić information content (AvgIpc) is 3.06. The van der Waals surface area contributed by atoms with Gasteiger partial charge in [0.05, 0.1) is 25.6 Å². The first-order valence-electron chi connectivity index (χ1n) is 8.18. The summed E-state index contributed by atoms with van der Waals surface area (Å²) in [5.74, 6) is 1.37.